The quantitative estimate of drug-likeness (QED) is 0.731. The van der Waals surface area contributed by atoms with Crippen molar-refractivity contribution < 1.29 is 9.13 Å². The molecule has 0 amide bonds. The number of ether oxygens (including phenoxy) is 1. The predicted octanol–water partition coefficient (Wildman–Crippen LogP) is 4.25. The summed E-state index contributed by atoms with van der Waals surface area (Å²) in [5.41, 5.74) is 6.76. The van der Waals surface area contributed by atoms with Crippen molar-refractivity contribution in [2.75, 3.05) is 0 Å². The van der Waals surface area contributed by atoms with Gasteiger partial charge >= 0.3 is 0 Å². The van der Waals surface area contributed by atoms with Crippen LogP contribution in [0.3, 0.4) is 0 Å². The van der Waals surface area contributed by atoms with E-state index in [0.717, 1.165) is 5.56 Å². The van der Waals surface area contributed by atoms with Crippen LogP contribution >= 0.6 is 23.6 Å². The second kappa shape index (κ2) is 5.79. The maximum Gasteiger partial charge on any atom is 0.137 e. The van der Waals surface area contributed by atoms with E-state index in [1.54, 1.807) is 23.5 Å². The molecule has 0 aliphatic heterocycles. The molecule has 0 bridgehead atoms. The summed E-state index contributed by atoms with van der Waals surface area (Å²) >= 11 is 6.44. The second-order valence-electron chi connectivity index (χ2n) is 4.55. The van der Waals surface area contributed by atoms with Gasteiger partial charge in [-0.25, -0.2) is 4.39 Å². The normalized spacial score (nSPS) is 10.7. The van der Waals surface area contributed by atoms with Gasteiger partial charge in [0.15, 0.2) is 0 Å². The van der Waals surface area contributed by atoms with Gasteiger partial charge in [-0.15, -0.1) is 11.3 Å². The number of thiocarbonyl (C=S) groups is 1. The molecule has 0 aliphatic carbocycles. The van der Waals surface area contributed by atoms with Gasteiger partial charge in [0.25, 0.3) is 0 Å². The summed E-state index contributed by atoms with van der Waals surface area (Å²) in [5.74, 6) is -0.00189. The van der Waals surface area contributed by atoms with Crippen LogP contribution in [-0.2, 0) is 6.61 Å². The Bertz CT molecular complexity index is 813. The number of halogens is 1. The van der Waals surface area contributed by atoms with Crippen molar-refractivity contribution in [3.63, 3.8) is 0 Å². The maximum atomic E-state index is 13.8. The molecule has 0 radical (unpaired) electrons. The summed E-state index contributed by atoms with van der Waals surface area (Å²) in [7, 11) is 0. The Balaban J connectivity index is 1.79. The zero-order valence-corrected chi connectivity index (χ0v) is 12.6. The minimum atomic E-state index is -0.463. The summed E-state index contributed by atoms with van der Waals surface area (Å²) in [6, 6.07) is 12.7. The van der Waals surface area contributed by atoms with E-state index < -0.39 is 5.82 Å². The third-order valence-corrected chi connectivity index (χ3v) is 4.39. The van der Waals surface area contributed by atoms with Crippen molar-refractivity contribution in [3.8, 4) is 5.75 Å². The minimum Gasteiger partial charge on any atom is -0.489 e. The Kier molecular flexibility index (Phi) is 3.86. The summed E-state index contributed by atoms with van der Waals surface area (Å²) in [6.45, 7) is 0.399. The molecule has 0 fully saturated rings. The Morgan fingerprint density at radius 1 is 1.24 bits per heavy atom. The van der Waals surface area contributed by atoms with Crippen LogP contribution in [0.4, 0.5) is 4.39 Å². The first kappa shape index (κ1) is 14.0. The van der Waals surface area contributed by atoms with E-state index in [9.17, 15) is 4.39 Å². The van der Waals surface area contributed by atoms with E-state index in [-0.39, 0.29) is 10.6 Å². The van der Waals surface area contributed by atoms with Crippen molar-refractivity contribution in [1.29, 1.82) is 0 Å². The predicted molar refractivity (Wildman–Crippen MR) is 88.4 cm³/mol. The van der Waals surface area contributed by atoms with E-state index in [1.807, 2.05) is 12.1 Å². The Morgan fingerprint density at radius 3 is 2.81 bits per heavy atom. The van der Waals surface area contributed by atoms with Crippen molar-refractivity contribution in [1.82, 2.24) is 0 Å². The molecule has 0 spiro atoms. The molecule has 3 rings (SSSR count). The molecule has 1 aromatic heterocycles. The highest BCUT2D eigenvalue weighted by molar-refractivity contribution is 7.80. The average Bonchev–Trinajstić information content (AvgIpc) is 2.88. The van der Waals surface area contributed by atoms with Crippen LogP contribution in [0.15, 0.2) is 47.8 Å². The molecule has 106 valence electrons. The highest BCUT2D eigenvalue weighted by Gasteiger charge is 2.08. The van der Waals surface area contributed by atoms with Crippen molar-refractivity contribution >= 4 is 38.6 Å². The van der Waals surface area contributed by atoms with Crippen LogP contribution in [0.2, 0.25) is 0 Å². The van der Waals surface area contributed by atoms with E-state index in [2.05, 4.69) is 17.5 Å². The highest BCUT2D eigenvalue weighted by Crippen LogP contribution is 2.27. The molecule has 2 N–H and O–H groups in total. The molecule has 0 aliphatic rings. The van der Waals surface area contributed by atoms with Crippen LogP contribution < -0.4 is 10.5 Å². The number of benzene rings is 2. The monoisotopic (exact) mass is 317 g/mol. The lowest BCUT2D eigenvalue weighted by molar-refractivity contribution is 0.306. The zero-order chi connectivity index (χ0) is 14.8. The second-order valence-corrected chi connectivity index (χ2v) is 5.90. The van der Waals surface area contributed by atoms with Gasteiger partial charge in [0.2, 0.25) is 0 Å². The lowest BCUT2D eigenvalue weighted by Gasteiger charge is -2.07. The van der Waals surface area contributed by atoms with Crippen molar-refractivity contribution in [3.05, 3.63) is 64.8 Å². The van der Waals surface area contributed by atoms with Gasteiger partial charge in [-0.3, -0.25) is 0 Å². The first-order valence-electron chi connectivity index (χ1n) is 6.32. The maximum absolute atomic E-state index is 13.8. The molecule has 0 saturated heterocycles. The van der Waals surface area contributed by atoms with Crippen LogP contribution in [0.5, 0.6) is 5.75 Å². The number of hydrogen-bond donors (Lipinski definition) is 1. The zero-order valence-electron chi connectivity index (χ0n) is 11.0. The SMILES string of the molecule is NC(=S)c1ccc(OCc2csc3ccccc23)cc1F. The molecule has 0 unspecified atom stereocenters. The van der Waals surface area contributed by atoms with Gasteiger partial charge in [0.05, 0.1) is 0 Å². The molecule has 1 heterocycles. The molecule has 2 aromatic carbocycles. The molecule has 21 heavy (non-hydrogen) atoms. The number of thiophene rings is 1. The van der Waals surface area contributed by atoms with E-state index >= 15 is 0 Å². The summed E-state index contributed by atoms with van der Waals surface area (Å²) < 4.78 is 20.6. The van der Waals surface area contributed by atoms with E-state index in [1.165, 1.54) is 16.2 Å². The van der Waals surface area contributed by atoms with Gasteiger partial charge in [0.1, 0.15) is 23.2 Å². The van der Waals surface area contributed by atoms with Gasteiger partial charge < -0.3 is 10.5 Å². The first-order chi connectivity index (χ1) is 10.1. The summed E-state index contributed by atoms with van der Waals surface area (Å²) in [6.07, 6.45) is 0. The molecule has 0 saturated carbocycles. The number of rotatable bonds is 4. The topological polar surface area (TPSA) is 35.2 Å². The molecule has 5 heteroatoms. The van der Waals surface area contributed by atoms with E-state index in [0.29, 0.717) is 12.4 Å². The fourth-order valence-corrected chi connectivity index (χ4v) is 3.20. The Morgan fingerprint density at radius 2 is 2.05 bits per heavy atom. The van der Waals surface area contributed by atoms with Crippen LogP contribution in [0, 0.1) is 5.82 Å². The average molecular weight is 317 g/mol. The molecule has 2 nitrogen and oxygen atoms in total. The first-order valence-corrected chi connectivity index (χ1v) is 7.61. The van der Waals surface area contributed by atoms with Crippen molar-refractivity contribution in [2.45, 2.75) is 6.61 Å². The number of hydrogen-bond acceptors (Lipinski definition) is 3. The van der Waals surface area contributed by atoms with Crippen LogP contribution in [-0.4, -0.2) is 4.99 Å². The minimum absolute atomic E-state index is 0.0443. The number of nitrogens with two attached hydrogens (primary N) is 1. The Hall–Kier alpha value is -1.98. The highest BCUT2D eigenvalue weighted by atomic mass is 32.1. The Labute approximate surface area is 131 Å². The number of fused-ring (bicyclic) bond motifs is 1. The molecular weight excluding hydrogens is 305 g/mol. The standard InChI is InChI=1S/C16H12FNOS2/c17-14-7-11(5-6-13(14)16(18)20)19-8-10-9-21-15-4-2-1-3-12(10)15/h1-7,9H,8H2,(H2,18,20). The lowest BCUT2D eigenvalue weighted by atomic mass is 10.2. The lowest BCUT2D eigenvalue weighted by Crippen LogP contribution is -2.11. The third-order valence-electron chi connectivity index (χ3n) is 3.16. The summed E-state index contributed by atoms with van der Waals surface area (Å²) in [4.78, 5) is 0.0443. The van der Waals surface area contributed by atoms with Gasteiger partial charge in [-0.1, -0.05) is 30.4 Å². The molecule has 3 aromatic rings. The van der Waals surface area contributed by atoms with Gasteiger partial charge in [-0.2, -0.15) is 0 Å². The smallest absolute Gasteiger partial charge is 0.137 e. The van der Waals surface area contributed by atoms with Crippen LogP contribution in [0.25, 0.3) is 10.1 Å². The fourth-order valence-electron chi connectivity index (χ4n) is 2.09. The van der Waals surface area contributed by atoms with Gasteiger partial charge in [0, 0.05) is 21.9 Å². The van der Waals surface area contributed by atoms with Crippen molar-refractivity contribution in [2.24, 2.45) is 5.73 Å². The molecule has 0 atom stereocenters. The molecular formula is C16H12FNOS2. The van der Waals surface area contributed by atoms with Crippen LogP contribution in [0.1, 0.15) is 11.1 Å². The van der Waals surface area contributed by atoms with E-state index in [4.69, 9.17) is 22.7 Å². The fraction of sp³-hybridized carbons (Fsp3) is 0.0625. The van der Waals surface area contributed by atoms with Gasteiger partial charge in [-0.05, 0) is 29.0 Å². The third kappa shape index (κ3) is 2.89. The largest absolute Gasteiger partial charge is 0.489 e. The summed E-state index contributed by atoms with van der Waals surface area (Å²) in [5, 5.41) is 3.23.